The highest BCUT2D eigenvalue weighted by atomic mass is 16.2. The Kier molecular flexibility index (Phi) is 5.88. The molecule has 1 aliphatic heterocycles. The van der Waals surface area contributed by atoms with Gasteiger partial charge in [-0.25, -0.2) is 9.67 Å². The molecular weight excluding hydrogens is 342 g/mol. The van der Waals surface area contributed by atoms with Gasteiger partial charge in [0.1, 0.15) is 11.6 Å². The topological polar surface area (TPSA) is 80.1 Å². The van der Waals surface area contributed by atoms with Gasteiger partial charge < -0.3 is 10.2 Å². The molecule has 0 saturated carbocycles. The van der Waals surface area contributed by atoms with Gasteiger partial charge in [-0.05, 0) is 31.4 Å². The highest BCUT2D eigenvalue weighted by Crippen LogP contribution is 2.20. The molecule has 7 heteroatoms. The monoisotopic (exact) mass is 369 g/mol. The third-order valence-electron chi connectivity index (χ3n) is 4.98. The number of nitrogens with zero attached hydrogens (tertiary/aromatic N) is 4. The second-order valence-corrected chi connectivity index (χ2v) is 7.07. The highest BCUT2D eigenvalue weighted by molar-refractivity contribution is 5.89. The predicted octanol–water partition coefficient (Wildman–Crippen LogP) is 1.62. The lowest BCUT2D eigenvalue weighted by molar-refractivity contribution is -0.129. The van der Waals surface area contributed by atoms with E-state index in [1.807, 2.05) is 13.8 Å². The quantitative estimate of drug-likeness (QED) is 0.804. The Bertz CT molecular complexity index is 812. The van der Waals surface area contributed by atoms with E-state index in [-0.39, 0.29) is 24.2 Å². The zero-order valence-electron chi connectivity index (χ0n) is 16.2. The SMILES string of the molecule is CCc1ccc(CN2C[C@H](C(=O)NCCn3nc(C)nc3C)CC2=O)cc1. The smallest absolute Gasteiger partial charge is 0.225 e. The summed E-state index contributed by atoms with van der Waals surface area (Å²) in [7, 11) is 0. The number of hydrogen-bond acceptors (Lipinski definition) is 4. The van der Waals surface area contributed by atoms with Crippen molar-refractivity contribution in [2.24, 2.45) is 5.92 Å². The number of carbonyl (C=O) groups excluding carboxylic acids is 2. The Hall–Kier alpha value is -2.70. The Balaban J connectivity index is 1.48. The Morgan fingerprint density at radius 2 is 1.93 bits per heavy atom. The van der Waals surface area contributed by atoms with Gasteiger partial charge in [-0.15, -0.1) is 0 Å². The van der Waals surface area contributed by atoms with Crippen LogP contribution in [0.4, 0.5) is 0 Å². The molecule has 1 aliphatic rings. The van der Waals surface area contributed by atoms with Crippen molar-refractivity contribution in [1.82, 2.24) is 25.0 Å². The summed E-state index contributed by atoms with van der Waals surface area (Å²) in [6.07, 6.45) is 1.28. The molecule has 1 saturated heterocycles. The first-order valence-electron chi connectivity index (χ1n) is 9.47. The fourth-order valence-electron chi connectivity index (χ4n) is 3.40. The largest absolute Gasteiger partial charge is 0.354 e. The van der Waals surface area contributed by atoms with Crippen molar-refractivity contribution in [3.63, 3.8) is 0 Å². The number of likely N-dealkylation sites (tertiary alicyclic amines) is 1. The number of benzene rings is 1. The molecule has 1 N–H and O–H groups in total. The number of hydrogen-bond donors (Lipinski definition) is 1. The minimum absolute atomic E-state index is 0.0393. The summed E-state index contributed by atoms with van der Waals surface area (Å²) in [4.78, 5) is 30.7. The summed E-state index contributed by atoms with van der Waals surface area (Å²) in [5.74, 6) is 1.24. The van der Waals surface area contributed by atoms with Crippen molar-refractivity contribution in [2.75, 3.05) is 13.1 Å². The molecule has 0 unspecified atom stereocenters. The normalized spacial score (nSPS) is 16.8. The minimum atomic E-state index is -0.286. The summed E-state index contributed by atoms with van der Waals surface area (Å²) < 4.78 is 1.78. The van der Waals surface area contributed by atoms with E-state index in [2.05, 4.69) is 46.6 Å². The fourth-order valence-corrected chi connectivity index (χ4v) is 3.40. The molecule has 2 heterocycles. The second kappa shape index (κ2) is 8.33. The minimum Gasteiger partial charge on any atom is -0.354 e. The maximum atomic E-state index is 12.4. The Morgan fingerprint density at radius 3 is 2.56 bits per heavy atom. The van der Waals surface area contributed by atoms with Crippen molar-refractivity contribution in [3.8, 4) is 0 Å². The van der Waals surface area contributed by atoms with Crippen LogP contribution in [0.5, 0.6) is 0 Å². The van der Waals surface area contributed by atoms with Crippen LogP contribution in [0.2, 0.25) is 0 Å². The third kappa shape index (κ3) is 4.72. The van der Waals surface area contributed by atoms with E-state index in [9.17, 15) is 9.59 Å². The van der Waals surface area contributed by atoms with Crippen molar-refractivity contribution in [3.05, 3.63) is 47.0 Å². The van der Waals surface area contributed by atoms with Crippen LogP contribution in [0.3, 0.4) is 0 Å². The highest BCUT2D eigenvalue weighted by Gasteiger charge is 2.34. The lowest BCUT2D eigenvalue weighted by Crippen LogP contribution is -2.35. The first-order chi connectivity index (χ1) is 13.0. The molecule has 1 aromatic carbocycles. The van der Waals surface area contributed by atoms with Crippen LogP contribution in [0.15, 0.2) is 24.3 Å². The molecule has 0 radical (unpaired) electrons. The molecule has 144 valence electrons. The van der Waals surface area contributed by atoms with Crippen molar-refractivity contribution in [2.45, 2.75) is 46.7 Å². The molecule has 2 aromatic rings. The number of aryl methyl sites for hydroxylation is 3. The first kappa shape index (κ1) is 19.1. The summed E-state index contributed by atoms with van der Waals surface area (Å²) in [6, 6.07) is 8.30. The lowest BCUT2D eigenvalue weighted by atomic mass is 10.1. The van der Waals surface area contributed by atoms with Gasteiger partial charge in [-0.1, -0.05) is 31.2 Å². The van der Waals surface area contributed by atoms with Crippen LogP contribution in [0.25, 0.3) is 0 Å². The zero-order chi connectivity index (χ0) is 19.4. The maximum Gasteiger partial charge on any atom is 0.225 e. The fraction of sp³-hybridized carbons (Fsp3) is 0.500. The van der Waals surface area contributed by atoms with Gasteiger partial charge in [0.05, 0.1) is 12.5 Å². The van der Waals surface area contributed by atoms with Gasteiger partial charge in [0, 0.05) is 26.1 Å². The molecule has 0 spiro atoms. The predicted molar refractivity (Wildman–Crippen MR) is 102 cm³/mol. The van der Waals surface area contributed by atoms with Crippen LogP contribution >= 0.6 is 0 Å². The van der Waals surface area contributed by atoms with Gasteiger partial charge in [-0.3, -0.25) is 9.59 Å². The molecule has 2 amide bonds. The van der Waals surface area contributed by atoms with E-state index in [1.54, 1.807) is 9.58 Å². The molecule has 1 fully saturated rings. The molecular formula is C20H27N5O2. The molecule has 1 aromatic heterocycles. The van der Waals surface area contributed by atoms with Crippen LogP contribution < -0.4 is 5.32 Å². The van der Waals surface area contributed by atoms with Crippen LogP contribution in [0, 0.1) is 19.8 Å². The molecule has 3 rings (SSSR count). The third-order valence-corrected chi connectivity index (χ3v) is 4.98. The molecule has 0 bridgehead atoms. The summed E-state index contributed by atoms with van der Waals surface area (Å²) in [5, 5.41) is 7.20. The first-order valence-corrected chi connectivity index (χ1v) is 9.47. The standard InChI is InChI=1S/C20H27N5O2/c1-4-16-5-7-17(8-6-16)12-24-13-18(11-19(24)26)20(27)21-9-10-25-15(3)22-14(2)23-25/h5-8,18H,4,9-13H2,1-3H3,(H,21,27)/t18-/m1/s1. The van der Waals surface area contributed by atoms with E-state index in [1.165, 1.54) is 5.56 Å². The van der Waals surface area contributed by atoms with E-state index >= 15 is 0 Å². The summed E-state index contributed by atoms with van der Waals surface area (Å²) in [6.45, 7) is 7.94. The van der Waals surface area contributed by atoms with Gasteiger partial charge in [-0.2, -0.15) is 5.10 Å². The van der Waals surface area contributed by atoms with E-state index in [0.717, 1.165) is 23.6 Å². The Morgan fingerprint density at radius 1 is 1.22 bits per heavy atom. The van der Waals surface area contributed by atoms with E-state index in [4.69, 9.17) is 0 Å². The maximum absolute atomic E-state index is 12.4. The molecule has 7 nitrogen and oxygen atoms in total. The van der Waals surface area contributed by atoms with E-state index < -0.39 is 0 Å². The van der Waals surface area contributed by atoms with Crippen molar-refractivity contribution in [1.29, 1.82) is 0 Å². The lowest BCUT2D eigenvalue weighted by Gasteiger charge is -2.17. The second-order valence-electron chi connectivity index (χ2n) is 7.07. The number of aromatic nitrogens is 3. The number of amides is 2. The summed E-state index contributed by atoms with van der Waals surface area (Å²) >= 11 is 0. The van der Waals surface area contributed by atoms with E-state index in [0.29, 0.717) is 26.2 Å². The van der Waals surface area contributed by atoms with Crippen molar-refractivity contribution < 1.29 is 9.59 Å². The number of carbonyl (C=O) groups is 2. The van der Waals surface area contributed by atoms with Crippen LogP contribution in [-0.4, -0.2) is 44.6 Å². The van der Waals surface area contributed by atoms with Gasteiger partial charge >= 0.3 is 0 Å². The number of nitrogens with one attached hydrogen (secondary N) is 1. The Labute approximate surface area is 159 Å². The van der Waals surface area contributed by atoms with Gasteiger partial charge in [0.25, 0.3) is 0 Å². The van der Waals surface area contributed by atoms with Crippen LogP contribution in [-0.2, 0) is 29.1 Å². The molecule has 0 aliphatic carbocycles. The average Bonchev–Trinajstić information content (AvgIpc) is 3.17. The average molecular weight is 369 g/mol. The van der Waals surface area contributed by atoms with Crippen molar-refractivity contribution >= 4 is 11.8 Å². The zero-order valence-corrected chi connectivity index (χ0v) is 16.2. The van der Waals surface area contributed by atoms with Crippen LogP contribution in [0.1, 0.15) is 36.1 Å². The van der Waals surface area contributed by atoms with Gasteiger partial charge in [0.2, 0.25) is 11.8 Å². The van der Waals surface area contributed by atoms with Gasteiger partial charge in [0.15, 0.2) is 0 Å². The molecule has 1 atom stereocenters. The summed E-state index contributed by atoms with van der Waals surface area (Å²) in [5.41, 5.74) is 2.38. The number of rotatable bonds is 7. The molecule has 27 heavy (non-hydrogen) atoms.